The third-order valence-electron chi connectivity index (χ3n) is 4.48. The summed E-state index contributed by atoms with van der Waals surface area (Å²) in [4.78, 5) is 18.3. The zero-order valence-corrected chi connectivity index (χ0v) is 16.7. The summed E-state index contributed by atoms with van der Waals surface area (Å²) in [5.74, 6) is 3.32. The Balaban J connectivity index is 2.35. The molecular formula is C21H30N4O2. The van der Waals surface area contributed by atoms with Crippen LogP contribution in [0.1, 0.15) is 38.1 Å². The Morgan fingerprint density at radius 2 is 2.11 bits per heavy atom. The largest absolute Gasteiger partial charge is 0.327 e. The number of aromatic nitrogens is 2. The predicted molar refractivity (Wildman–Crippen MR) is 107 cm³/mol. The van der Waals surface area contributed by atoms with Gasteiger partial charge in [-0.3, -0.25) is 10.0 Å². The van der Waals surface area contributed by atoms with Gasteiger partial charge >= 0.3 is 0 Å². The molecule has 2 aromatic rings. The van der Waals surface area contributed by atoms with E-state index in [1.165, 1.54) is 0 Å². The van der Waals surface area contributed by atoms with E-state index in [1.807, 2.05) is 12.1 Å². The molecule has 0 unspecified atom stereocenters. The van der Waals surface area contributed by atoms with Crippen LogP contribution in [-0.2, 0) is 24.2 Å². The summed E-state index contributed by atoms with van der Waals surface area (Å²) in [5.41, 5.74) is 4.78. The summed E-state index contributed by atoms with van der Waals surface area (Å²) in [6, 6.07) is 6.11. The number of terminal acetylenes is 1. The lowest BCUT2D eigenvalue weighted by Gasteiger charge is -2.29. The van der Waals surface area contributed by atoms with Gasteiger partial charge in [0.1, 0.15) is 5.82 Å². The summed E-state index contributed by atoms with van der Waals surface area (Å²) < 4.78 is 2.28. The first-order valence-corrected chi connectivity index (χ1v) is 9.25. The van der Waals surface area contributed by atoms with Crippen molar-refractivity contribution in [2.45, 2.75) is 46.1 Å². The second kappa shape index (κ2) is 9.03. The van der Waals surface area contributed by atoms with Gasteiger partial charge in [-0.2, -0.15) is 0 Å². The number of amides is 1. The number of hydroxylamine groups is 1. The van der Waals surface area contributed by atoms with Gasteiger partial charge in [-0.25, -0.2) is 10.5 Å². The molecular weight excluding hydrogens is 340 g/mol. The Morgan fingerprint density at radius 1 is 1.37 bits per heavy atom. The molecule has 6 heteroatoms. The molecule has 1 amide bonds. The summed E-state index contributed by atoms with van der Waals surface area (Å²) in [5, 5.41) is 8.64. The van der Waals surface area contributed by atoms with E-state index in [0.717, 1.165) is 41.9 Å². The van der Waals surface area contributed by atoms with E-state index in [9.17, 15) is 4.79 Å². The molecule has 6 nitrogen and oxygen atoms in total. The highest BCUT2D eigenvalue weighted by atomic mass is 16.5. The van der Waals surface area contributed by atoms with E-state index in [2.05, 4.69) is 49.4 Å². The molecule has 0 aliphatic carbocycles. The molecule has 0 atom stereocenters. The lowest BCUT2D eigenvalue weighted by atomic mass is 9.92. The zero-order chi connectivity index (χ0) is 20.0. The Kier molecular flexibility index (Phi) is 7.00. The average Bonchev–Trinajstić information content (AvgIpc) is 2.92. The van der Waals surface area contributed by atoms with Crippen molar-refractivity contribution in [1.82, 2.24) is 19.9 Å². The number of benzene rings is 1. The van der Waals surface area contributed by atoms with Gasteiger partial charge in [-0.15, -0.1) is 12.3 Å². The Morgan fingerprint density at radius 3 is 2.74 bits per heavy atom. The molecule has 1 aromatic heterocycles. The molecule has 2 rings (SSSR count). The first-order valence-electron chi connectivity index (χ1n) is 9.25. The number of rotatable bonds is 9. The first-order chi connectivity index (χ1) is 12.8. The molecule has 0 saturated carbocycles. The van der Waals surface area contributed by atoms with Crippen LogP contribution in [0.4, 0.5) is 0 Å². The standard InChI is InChI=1S/C21H30N4O2/c1-6-7-8-19-22-17-13-16(10-12-20(26)23-27)9-11-18(17)25(19)15-21(2,3)14-24(4)5/h1,9,11,13,27H,7-8,10,12,14-15H2,2-5H3,(H,23,26). The minimum absolute atomic E-state index is 0.0832. The average molecular weight is 370 g/mol. The highest BCUT2D eigenvalue weighted by Gasteiger charge is 2.23. The van der Waals surface area contributed by atoms with Crippen molar-refractivity contribution in [2.24, 2.45) is 5.41 Å². The van der Waals surface area contributed by atoms with Gasteiger partial charge in [-0.05, 0) is 43.6 Å². The number of carbonyl (C=O) groups is 1. The third kappa shape index (κ3) is 5.81. The fraction of sp³-hybridized carbons (Fsp3) is 0.524. The van der Waals surface area contributed by atoms with Gasteiger partial charge < -0.3 is 9.47 Å². The lowest BCUT2D eigenvalue weighted by Crippen LogP contribution is -2.32. The summed E-state index contributed by atoms with van der Waals surface area (Å²) in [6.45, 7) is 6.33. The SMILES string of the molecule is C#CCCc1nc2cc(CCC(=O)NO)ccc2n1CC(C)(C)CN(C)C. The van der Waals surface area contributed by atoms with Crippen LogP contribution < -0.4 is 5.48 Å². The van der Waals surface area contributed by atoms with E-state index >= 15 is 0 Å². The topological polar surface area (TPSA) is 70.4 Å². The van der Waals surface area contributed by atoms with Gasteiger partial charge in [0, 0.05) is 32.4 Å². The minimum atomic E-state index is -0.388. The monoisotopic (exact) mass is 370 g/mol. The maximum Gasteiger partial charge on any atom is 0.243 e. The number of aryl methyl sites for hydroxylation is 2. The van der Waals surface area contributed by atoms with Crippen molar-refractivity contribution in [1.29, 1.82) is 0 Å². The fourth-order valence-electron chi connectivity index (χ4n) is 3.58. The molecule has 1 aromatic carbocycles. The van der Waals surface area contributed by atoms with Crippen LogP contribution in [0.25, 0.3) is 11.0 Å². The van der Waals surface area contributed by atoms with Crippen LogP contribution in [0.3, 0.4) is 0 Å². The normalized spacial score (nSPS) is 11.7. The van der Waals surface area contributed by atoms with Crippen LogP contribution in [0, 0.1) is 17.8 Å². The van der Waals surface area contributed by atoms with Crippen LogP contribution in [-0.4, -0.2) is 46.2 Å². The predicted octanol–water partition coefficient (Wildman–Crippen LogP) is 2.63. The summed E-state index contributed by atoms with van der Waals surface area (Å²) in [6.07, 6.45) is 7.66. The van der Waals surface area contributed by atoms with E-state index in [0.29, 0.717) is 12.8 Å². The molecule has 0 fully saturated rings. The quantitative estimate of drug-likeness (QED) is 0.404. The molecule has 146 valence electrons. The number of nitrogens with zero attached hydrogens (tertiary/aromatic N) is 3. The number of imidazole rings is 1. The van der Waals surface area contributed by atoms with Gasteiger partial charge in [0.25, 0.3) is 0 Å². The van der Waals surface area contributed by atoms with E-state index in [4.69, 9.17) is 16.6 Å². The van der Waals surface area contributed by atoms with Crippen molar-refractivity contribution >= 4 is 16.9 Å². The maximum absolute atomic E-state index is 11.3. The molecule has 1 heterocycles. The molecule has 27 heavy (non-hydrogen) atoms. The van der Waals surface area contributed by atoms with Gasteiger partial charge in [0.2, 0.25) is 5.91 Å². The van der Waals surface area contributed by atoms with Gasteiger partial charge in [-0.1, -0.05) is 19.9 Å². The van der Waals surface area contributed by atoms with Gasteiger partial charge in [0.05, 0.1) is 11.0 Å². The van der Waals surface area contributed by atoms with Crippen molar-refractivity contribution in [3.05, 3.63) is 29.6 Å². The summed E-state index contributed by atoms with van der Waals surface area (Å²) >= 11 is 0. The second-order valence-corrected chi connectivity index (χ2v) is 8.08. The number of hydrogen-bond donors (Lipinski definition) is 2. The van der Waals surface area contributed by atoms with Crippen LogP contribution in [0.5, 0.6) is 0 Å². The lowest BCUT2D eigenvalue weighted by molar-refractivity contribution is -0.129. The molecule has 2 N–H and O–H groups in total. The molecule has 0 bridgehead atoms. The van der Waals surface area contributed by atoms with Crippen molar-refractivity contribution in [2.75, 3.05) is 20.6 Å². The number of nitrogens with one attached hydrogen (secondary N) is 1. The molecule has 0 aliphatic rings. The Labute approximate surface area is 161 Å². The van der Waals surface area contributed by atoms with Crippen LogP contribution in [0.15, 0.2) is 18.2 Å². The number of carbonyl (C=O) groups excluding carboxylic acids is 1. The zero-order valence-electron chi connectivity index (χ0n) is 16.7. The highest BCUT2D eigenvalue weighted by Crippen LogP contribution is 2.26. The Bertz CT molecular complexity index is 831. The van der Waals surface area contributed by atoms with Crippen molar-refractivity contribution < 1.29 is 10.0 Å². The van der Waals surface area contributed by atoms with Gasteiger partial charge in [0.15, 0.2) is 0 Å². The maximum atomic E-state index is 11.3. The smallest absolute Gasteiger partial charge is 0.243 e. The van der Waals surface area contributed by atoms with Crippen molar-refractivity contribution in [3.8, 4) is 12.3 Å². The second-order valence-electron chi connectivity index (χ2n) is 8.08. The minimum Gasteiger partial charge on any atom is -0.327 e. The third-order valence-corrected chi connectivity index (χ3v) is 4.48. The number of fused-ring (bicyclic) bond motifs is 1. The summed E-state index contributed by atoms with van der Waals surface area (Å²) in [7, 11) is 4.17. The molecule has 0 aliphatic heterocycles. The van der Waals surface area contributed by atoms with E-state index in [1.54, 1.807) is 5.48 Å². The van der Waals surface area contributed by atoms with Crippen LogP contribution in [0.2, 0.25) is 0 Å². The van der Waals surface area contributed by atoms with E-state index in [-0.39, 0.29) is 17.7 Å². The van der Waals surface area contributed by atoms with E-state index < -0.39 is 0 Å². The Hall–Kier alpha value is -2.36. The van der Waals surface area contributed by atoms with Crippen molar-refractivity contribution in [3.63, 3.8) is 0 Å². The molecule has 0 radical (unpaired) electrons. The number of hydrogen-bond acceptors (Lipinski definition) is 4. The molecule has 0 saturated heterocycles. The highest BCUT2D eigenvalue weighted by molar-refractivity contribution is 5.78. The fourth-order valence-corrected chi connectivity index (χ4v) is 3.58. The van der Waals surface area contributed by atoms with Crippen LogP contribution >= 0.6 is 0 Å². The first kappa shape index (κ1) is 20.9. The molecule has 0 spiro atoms.